The average molecular weight is 362 g/mol. The lowest BCUT2D eigenvalue weighted by atomic mass is 10.1. The molecule has 130 valence electrons. The monoisotopic (exact) mass is 361 g/mol. The Hall–Kier alpha value is -0.850. The molecule has 5 nitrogen and oxygen atoms in total. The SMILES string of the molecule is CC(c1ccc(NC(=O)C2(N)CC2)cc1)N1CCOCC1.Cl.Cl. The second kappa shape index (κ2) is 8.31. The number of amides is 1. The zero-order chi connectivity index (χ0) is 14.9. The van der Waals surface area contributed by atoms with Gasteiger partial charge in [0.2, 0.25) is 5.91 Å². The molecule has 2 fully saturated rings. The summed E-state index contributed by atoms with van der Waals surface area (Å²) in [5, 5.41) is 2.89. The van der Waals surface area contributed by atoms with Crippen LogP contribution in [-0.4, -0.2) is 42.6 Å². The normalized spacial score (nSPS) is 20.6. The molecule has 1 aromatic carbocycles. The maximum atomic E-state index is 11.9. The van der Waals surface area contributed by atoms with Crippen molar-refractivity contribution in [2.24, 2.45) is 5.73 Å². The second-order valence-electron chi connectivity index (χ2n) is 6.06. The van der Waals surface area contributed by atoms with Crippen molar-refractivity contribution in [2.45, 2.75) is 31.3 Å². The first-order chi connectivity index (χ1) is 10.1. The lowest BCUT2D eigenvalue weighted by Gasteiger charge is -2.32. The van der Waals surface area contributed by atoms with Crippen molar-refractivity contribution in [3.8, 4) is 0 Å². The summed E-state index contributed by atoms with van der Waals surface area (Å²) >= 11 is 0. The zero-order valence-corrected chi connectivity index (χ0v) is 14.9. The fourth-order valence-corrected chi connectivity index (χ4v) is 2.64. The number of anilines is 1. The average Bonchev–Trinajstić information content (AvgIpc) is 3.27. The van der Waals surface area contributed by atoms with Crippen LogP contribution in [0, 0.1) is 0 Å². The van der Waals surface area contributed by atoms with E-state index in [1.165, 1.54) is 5.56 Å². The van der Waals surface area contributed by atoms with E-state index < -0.39 is 5.54 Å². The summed E-state index contributed by atoms with van der Waals surface area (Å²) in [6, 6.07) is 8.42. The lowest BCUT2D eigenvalue weighted by Crippen LogP contribution is -2.38. The van der Waals surface area contributed by atoms with Crippen LogP contribution in [0.4, 0.5) is 5.69 Å². The summed E-state index contributed by atoms with van der Waals surface area (Å²) in [7, 11) is 0. The summed E-state index contributed by atoms with van der Waals surface area (Å²) in [5.41, 5.74) is 7.33. The van der Waals surface area contributed by atoms with E-state index in [1.807, 2.05) is 12.1 Å². The number of ether oxygens (including phenoxy) is 1. The van der Waals surface area contributed by atoms with Crippen LogP contribution in [0.15, 0.2) is 24.3 Å². The molecular formula is C16H25Cl2N3O2. The van der Waals surface area contributed by atoms with Gasteiger partial charge in [0.25, 0.3) is 0 Å². The van der Waals surface area contributed by atoms with E-state index in [0.717, 1.165) is 44.8 Å². The molecule has 2 aliphatic rings. The van der Waals surface area contributed by atoms with Crippen molar-refractivity contribution in [3.63, 3.8) is 0 Å². The van der Waals surface area contributed by atoms with Crippen molar-refractivity contribution in [1.82, 2.24) is 4.90 Å². The molecule has 1 saturated carbocycles. The number of carbonyl (C=O) groups excluding carboxylic acids is 1. The third-order valence-corrected chi connectivity index (χ3v) is 4.49. The van der Waals surface area contributed by atoms with Crippen molar-refractivity contribution < 1.29 is 9.53 Å². The van der Waals surface area contributed by atoms with Crippen LogP contribution in [0.3, 0.4) is 0 Å². The van der Waals surface area contributed by atoms with Gasteiger partial charge in [-0.3, -0.25) is 9.69 Å². The first-order valence-corrected chi connectivity index (χ1v) is 7.61. The standard InChI is InChI=1S/C16H23N3O2.2ClH/c1-12(19-8-10-21-11-9-19)13-2-4-14(5-3-13)18-15(20)16(17)6-7-16;;/h2-5,12H,6-11,17H2,1H3,(H,18,20);2*1H. The third kappa shape index (κ3) is 4.81. The van der Waals surface area contributed by atoms with Crippen LogP contribution in [0.5, 0.6) is 0 Å². The van der Waals surface area contributed by atoms with Crippen LogP contribution in [0.2, 0.25) is 0 Å². The van der Waals surface area contributed by atoms with E-state index in [1.54, 1.807) is 0 Å². The van der Waals surface area contributed by atoms with Gasteiger partial charge in [-0.1, -0.05) is 12.1 Å². The number of hydrogen-bond donors (Lipinski definition) is 2. The van der Waals surface area contributed by atoms with E-state index >= 15 is 0 Å². The Labute approximate surface area is 149 Å². The highest BCUT2D eigenvalue weighted by Gasteiger charge is 2.45. The Morgan fingerprint density at radius 3 is 2.30 bits per heavy atom. The Morgan fingerprint density at radius 1 is 1.22 bits per heavy atom. The van der Waals surface area contributed by atoms with Gasteiger partial charge in [0.05, 0.1) is 18.8 Å². The molecule has 3 rings (SSSR count). The number of nitrogens with two attached hydrogens (primary N) is 1. The molecule has 23 heavy (non-hydrogen) atoms. The minimum absolute atomic E-state index is 0. The fraction of sp³-hybridized carbons (Fsp3) is 0.562. The van der Waals surface area contributed by atoms with Crippen LogP contribution in [0.1, 0.15) is 31.4 Å². The minimum Gasteiger partial charge on any atom is -0.379 e. The molecule has 0 spiro atoms. The Morgan fingerprint density at radius 2 is 1.78 bits per heavy atom. The molecule has 1 aliphatic heterocycles. The Balaban J connectivity index is 0.00000132. The minimum atomic E-state index is -0.625. The zero-order valence-electron chi connectivity index (χ0n) is 13.3. The molecule has 1 atom stereocenters. The molecular weight excluding hydrogens is 337 g/mol. The summed E-state index contributed by atoms with van der Waals surface area (Å²) in [4.78, 5) is 14.3. The molecule has 0 aromatic heterocycles. The quantitative estimate of drug-likeness (QED) is 0.863. The van der Waals surface area contributed by atoms with Gasteiger partial charge in [0, 0.05) is 24.8 Å². The second-order valence-corrected chi connectivity index (χ2v) is 6.06. The van der Waals surface area contributed by atoms with E-state index in [9.17, 15) is 4.79 Å². The predicted molar refractivity (Wildman–Crippen MR) is 96.5 cm³/mol. The van der Waals surface area contributed by atoms with Crippen molar-refractivity contribution >= 4 is 36.4 Å². The molecule has 1 aromatic rings. The van der Waals surface area contributed by atoms with Gasteiger partial charge in [-0.05, 0) is 37.5 Å². The van der Waals surface area contributed by atoms with Crippen molar-refractivity contribution in [2.75, 3.05) is 31.6 Å². The van der Waals surface area contributed by atoms with E-state index in [2.05, 4.69) is 29.3 Å². The number of nitrogens with one attached hydrogen (secondary N) is 1. The van der Waals surface area contributed by atoms with Gasteiger partial charge in [-0.15, -0.1) is 24.8 Å². The van der Waals surface area contributed by atoms with Crippen LogP contribution in [-0.2, 0) is 9.53 Å². The summed E-state index contributed by atoms with van der Waals surface area (Å²) in [6.45, 7) is 5.75. The number of benzene rings is 1. The third-order valence-electron chi connectivity index (χ3n) is 4.49. The maximum absolute atomic E-state index is 11.9. The fourth-order valence-electron chi connectivity index (χ4n) is 2.64. The molecule has 7 heteroatoms. The first kappa shape index (κ1) is 20.2. The number of hydrogen-bond acceptors (Lipinski definition) is 4. The van der Waals surface area contributed by atoms with Gasteiger partial charge in [-0.2, -0.15) is 0 Å². The van der Waals surface area contributed by atoms with Crippen molar-refractivity contribution in [3.05, 3.63) is 29.8 Å². The highest BCUT2D eigenvalue weighted by atomic mass is 35.5. The lowest BCUT2D eigenvalue weighted by molar-refractivity contribution is -0.118. The number of rotatable bonds is 4. The highest BCUT2D eigenvalue weighted by molar-refractivity contribution is 6.00. The summed E-state index contributed by atoms with van der Waals surface area (Å²) < 4.78 is 5.39. The molecule has 1 heterocycles. The molecule has 0 bridgehead atoms. The molecule has 1 saturated heterocycles. The largest absolute Gasteiger partial charge is 0.379 e. The van der Waals surface area contributed by atoms with Crippen LogP contribution in [0.25, 0.3) is 0 Å². The van der Waals surface area contributed by atoms with Crippen molar-refractivity contribution in [1.29, 1.82) is 0 Å². The summed E-state index contributed by atoms with van der Waals surface area (Å²) in [5.74, 6) is -0.0727. The number of morpholine rings is 1. The molecule has 1 amide bonds. The Kier molecular flexibility index (Phi) is 7.29. The summed E-state index contributed by atoms with van der Waals surface area (Å²) in [6.07, 6.45) is 1.57. The van der Waals surface area contributed by atoms with Gasteiger partial charge in [0.15, 0.2) is 0 Å². The molecule has 1 unspecified atom stereocenters. The predicted octanol–water partition coefficient (Wildman–Crippen LogP) is 2.35. The van der Waals surface area contributed by atoms with E-state index in [0.29, 0.717) is 6.04 Å². The number of nitrogens with zero attached hydrogens (tertiary/aromatic N) is 1. The van der Waals surface area contributed by atoms with Crippen LogP contribution < -0.4 is 11.1 Å². The topological polar surface area (TPSA) is 67.6 Å². The molecule has 0 radical (unpaired) electrons. The van der Waals surface area contributed by atoms with Gasteiger partial charge < -0.3 is 15.8 Å². The number of halogens is 2. The number of carbonyl (C=O) groups is 1. The van der Waals surface area contributed by atoms with Crippen LogP contribution >= 0.6 is 24.8 Å². The first-order valence-electron chi connectivity index (χ1n) is 7.61. The van der Waals surface area contributed by atoms with Gasteiger partial charge in [-0.25, -0.2) is 0 Å². The van der Waals surface area contributed by atoms with Gasteiger partial charge in [0.1, 0.15) is 0 Å². The molecule has 3 N–H and O–H groups in total. The van der Waals surface area contributed by atoms with E-state index in [-0.39, 0.29) is 30.7 Å². The Bertz CT molecular complexity index is 515. The van der Waals surface area contributed by atoms with E-state index in [4.69, 9.17) is 10.5 Å². The van der Waals surface area contributed by atoms with Gasteiger partial charge >= 0.3 is 0 Å². The maximum Gasteiger partial charge on any atom is 0.244 e. The smallest absolute Gasteiger partial charge is 0.244 e. The highest BCUT2D eigenvalue weighted by Crippen LogP contribution is 2.33. The molecule has 1 aliphatic carbocycles.